The Hall–Kier alpha value is -2.86. The number of amides is 1. The maximum atomic E-state index is 14.4. The maximum absolute atomic E-state index is 14.4. The monoisotopic (exact) mass is 719 g/mol. The number of sulfonamides is 1. The van der Waals surface area contributed by atoms with Crippen LogP contribution >= 0.6 is 23.2 Å². The number of ether oxygens (including phenoxy) is 2. The highest BCUT2D eigenvalue weighted by atomic mass is 35.5. The van der Waals surface area contributed by atoms with Gasteiger partial charge in [-0.2, -0.15) is 0 Å². The fourth-order valence-corrected chi connectivity index (χ4v) is 7.07. The zero-order chi connectivity index (χ0) is 35.0. The molecule has 9 nitrogen and oxygen atoms in total. The SMILES string of the molecule is Cc1ccc(S(=O)(=O)Nc2ccc3c(c2)C(=O)N([C@H](C)CO)C[C@H](C)[C@H](CN(C)Cc2ccc(Cl)c(Cl)c2)OCCCC[C@@H](C)O3)cc1. The molecular formula is C36H47Cl2N3O6S. The van der Waals surface area contributed by atoms with Crippen LogP contribution in [-0.4, -0.2) is 80.8 Å². The maximum Gasteiger partial charge on any atom is 0.261 e. The highest BCUT2D eigenvalue weighted by molar-refractivity contribution is 7.92. The molecule has 2 N–H and O–H groups in total. The number of aryl methyl sites for hydroxylation is 1. The summed E-state index contributed by atoms with van der Waals surface area (Å²) in [5.41, 5.74) is 2.40. The second-order valence-electron chi connectivity index (χ2n) is 12.9. The van der Waals surface area contributed by atoms with Gasteiger partial charge in [0.05, 0.1) is 45.4 Å². The zero-order valence-corrected chi connectivity index (χ0v) is 30.6. The Kier molecular flexibility index (Phi) is 13.6. The van der Waals surface area contributed by atoms with Crippen LogP contribution in [0.3, 0.4) is 0 Å². The van der Waals surface area contributed by atoms with Gasteiger partial charge in [-0.3, -0.25) is 14.4 Å². The molecule has 0 aromatic heterocycles. The summed E-state index contributed by atoms with van der Waals surface area (Å²) in [6.07, 6.45) is 2.03. The number of carbonyl (C=O) groups excluding carboxylic acids is 1. The molecule has 0 spiro atoms. The van der Waals surface area contributed by atoms with Crippen LogP contribution in [0.4, 0.5) is 5.69 Å². The van der Waals surface area contributed by atoms with Crippen molar-refractivity contribution in [3.05, 3.63) is 87.4 Å². The second kappa shape index (κ2) is 17.2. The predicted molar refractivity (Wildman–Crippen MR) is 192 cm³/mol. The van der Waals surface area contributed by atoms with Gasteiger partial charge in [-0.1, -0.05) is 53.9 Å². The quantitative estimate of drug-likeness (QED) is 0.245. The highest BCUT2D eigenvalue weighted by Crippen LogP contribution is 2.30. The molecule has 12 heteroatoms. The third kappa shape index (κ3) is 10.3. The normalized spacial score (nSPS) is 20.5. The summed E-state index contributed by atoms with van der Waals surface area (Å²) in [7, 11) is -1.90. The first-order chi connectivity index (χ1) is 22.8. The van der Waals surface area contributed by atoms with Gasteiger partial charge in [0.2, 0.25) is 0 Å². The number of aliphatic hydroxyl groups is 1. The first kappa shape index (κ1) is 38.0. The fourth-order valence-electron chi connectivity index (χ4n) is 5.70. The highest BCUT2D eigenvalue weighted by Gasteiger charge is 2.31. The van der Waals surface area contributed by atoms with E-state index in [9.17, 15) is 18.3 Å². The standard InChI is InChI=1S/C36H47Cl2N3O6S/c1-24-9-13-30(14-10-24)48(44,45)39-29-12-16-34-31(19-29)36(43)41(26(3)23-42)20-25(2)35(46-17-7-6-8-27(4)47-34)22-40(5)21-28-11-15-32(37)33(38)18-28/h9-16,18-19,25-27,35,39,42H,6-8,17,20-23H2,1-5H3/t25-,26+,27+,35-/m0/s1. The van der Waals surface area contributed by atoms with Crippen LogP contribution in [0.5, 0.6) is 5.75 Å². The fraction of sp³-hybridized carbons (Fsp3) is 0.472. The van der Waals surface area contributed by atoms with E-state index in [-0.39, 0.29) is 46.8 Å². The van der Waals surface area contributed by atoms with Gasteiger partial charge < -0.3 is 19.5 Å². The zero-order valence-electron chi connectivity index (χ0n) is 28.3. The van der Waals surface area contributed by atoms with Crippen LogP contribution in [-0.2, 0) is 21.3 Å². The van der Waals surface area contributed by atoms with Crippen LogP contribution in [0, 0.1) is 12.8 Å². The lowest BCUT2D eigenvalue weighted by molar-refractivity contribution is -0.0177. The summed E-state index contributed by atoms with van der Waals surface area (Å²) in [6, 6.07) is 16.4. The molecule has 0 fully saturated rings. The molecule has 4 rings (SSSR count). The van der Waals surface area contributed by atoms with E-state index >= 15 is 0 Å². The van der Waals surface area contributed by atoms with E-state index in [2.05, 4.69) is 9.62 Å². The Balaban J connectivity index is 1.63. The molecule has 1 heterocycles. The average Bonchev–Trinajstić information content (AvgIpc) is 3.04. The van der Waals surface area contributed by atoms with Crippen molar-refractivity contribution in [3.8, 4) is 5.75 Å². The molecule has 0 aliphatic carbocycles. The molecular weight excluding hydrogens is 673 g/mol. The van der Waals surface area contributed by atoms with Crippen molar-refractivity contribution in [2.24, 2.45) is 5.92 Å². The van der Waals surface area contributed by atoms with E-state index in [0.717, 1.165) is 30.4 Å². The summed E-state index contributed by atoms with van der Waals surface area (Å²) >= 11 is 12.4. The van der Waals surface area contributed by atoms with Crippen LogP contribution in [0.2, 0.25) is 10.0 Å². The molecule has 1 amide bonds. The number of fused-ring (bicyclic) bond motifs is 1. The van der Waals surface area contributed by atoms with Crippen LogP contribution in [0.25, 0.3) is 0 Å². The second-order valence-corrected chi connectivity index (χ2v) is 15.4. The number of carbonyl (C=O) groups is 1. The number of halogens is 2. The number of nitrogens with zero attached hydrogens (tertiary/aromatic N) is 2. The van der Waals surface area contributed by atoms with Crippen molar-refractivity contribution in [1.29, 1.82) is 0 Å². The Morgan fingerprint density at radius 3 is 2.46 bits per heavy atom. The smallest absolute Gasteiger partial charge is 0.261 e. The minimum Gasteiger partial charge on any atom is -0.490 e. The van der Waals surface area contributed by atoms with Gasteiger partial charge in [-0.15, -0.1) is 0 Å². The van der Waals surface area contributed by atoms with Gasteiger partial charge >= 0.3 is 0 Å². The third-order valence-corrected chi connectivity index (χ3v) is 10.7. The van der Waals surface area contributed by atoms with Gasteiger partial charge in [0.1, 0.15) is 5.75 Å². The largest absolute Gasteiger partial charge is 0.490 e. The third-order valence-electron chi connectivity index (χ3n) is 8.56. The Morgan fingerprint density at radius 2 is 1.77 bits per heavy atom. The number of aliphatic hydroxyl groups excluding tert-OH is 1. The molecule has 3 aromatic rings. The van der Waals surface area contributed by atoms with Gasteiger partial charge in [0.25, 0.3) is 15.9 Å². The molecule has 4 atom stereocenters. The molecule has 3 aromatic carbocycles. The lowest BCUT2D eigenvalue weighted by Gasteiger charge is -2.36. The number of rotatable bonds is 9. The van der Waals surface area contributed by atoms with E-state index in [1.165, 1.54) is 6.07 Å². The number of anilines is 1. The first-order valence-corrected chi connectivity index (χ1v) is 18.6. The van der Waals surface area contributed by atoms with Crippen molar-refractivity contribution < 1.29 is 27.8 Å². The van der Waals surface area contributed by atoms with Gasteiger partial charge in [-0.25, -0.2) is 8.42 Å². The average molecular weight is 721 g/mol. The van der Waals surface area contributed by atoms with Crippen molar-refractivity contribution in [2.75, 3.05) is 38.1 Å². The van der Waals surface area contributed by atoms with Crippen molar-refractivity contribution in [2.45, 2.75) is 76.6 Å². The summed E-state index contributed by atoms with van der Waals surface area (Å²) in [4.78, 5) is 18.3. The van der Waals surface area contributed by atoms with E-state index in [4.69, 9.17) is 32.7 Å². The topological polar surface area (TPSA) is 108 Å². The Labute approximate surface area is 295 Å². The van der Waals surface area contributed by atoms with E-state index in [0.29, 0.717) is 42.0 Å². The summed E-state index contributed by atoms with van der Waals surface area (Å²) < 4.78 is 41.8. The molecule has 0 saturated carbocycles. The number of nitrogens with one attached hydrogen (secondary N) is 1. The van der Waals surface area contributed by atoms with E-state index in [1.54, 1.807) is 54.3 Å². The minimum atomic E-state index is -3.91. The van der Waals surface area contributed by atoms with Crippen molar-refractivity contribution >= 4 is 44.8 Å². The van der Waals surface area contributed by atoms with Crippen molar-refractivity contribution in [3.63, 3.8) is 0 Å². The first-order valence-electron chi connectivity index (χ1n) is 16.3. The molecule has 262 valence electrons. The minimum absolute atomic E-state index is 0.115. The lowest BCUT2D eigenvalue weighted by atomic mass is 10.0. The summed E-state index contributed by atoms with van der Waals surface area (Å²) in [6.45, 7) is 9.48. The van der Waals surface area contributed by atoms with E-state index in [1.807, 2.05) is 40.0 Å². The van der Waals surface area contributed by atoms with Crippen molar-refractivity contribution in [1.82, 2.24) is 9.80 Å². The van der Waals surface area contributed by atoms with Gasteiger partial charge in [0, 0.05) is 37.8 Å². The van der Waals surface area contributed by atoms with Crippen LogP contribution in [0.15, 0.2) is 65.6 Å². The number of hydrogen-bond acceptors (Lipinski definition) is 7. The summed E-state index contributed by atoms with van der Waals surface area (Å²) in [5.74, 6) is -0.129. The van der Waals surface area contributed by atoms with Gasteiger partial charge in [-0.05, 0) is 95.1 Å². The molecule has 1 aliphatic heterocycles. The number of likely N-dealkylation sites (N-methyl/N-ethyl adjacent to an activating group) is 1. The van der Waals surface area contributed by atoms with Gasteiger partial charge in [0.15, 0.2) is 0 Å². The Bertz CT molecular complexity index is 1640. The molecule has 1 aliphatic rings. The summed E-state index contributed by atoms with van der Waals surface area (Å²) in [5, 5.41) is 11.3. The number of benzene rings is 3. The van der Waals surface area contributed by atoms with Crippen LogP contribution in [0.1, 0.15) is 61.5 Å². The number of hydrogen-bond donors (Lipinski definition) is 2. The van der Waals surface area contributed by atoms with E-state index < -0.39 is 16.1 Å². The predicted octanol–water partition coefficient (Wildman–Crippen LogP) is 7.03. The Morgan fingerprint density at radius 1 is 1.04 bits per heavy atom. The molecule has 0 radical (unpaired) electrons. The molecule has 48 heavy (non-hydrogen) atoms. The molecule has 0 unspecified atom stereocenters. The molecule has 0 bridgehead atoms. The molecule has 0 saturated heterocycles. The van der Waals surface area contributed by atoms with Crippen LogP contribution < -0.4 is 9.46 Å². The lowest BCUT2D eigenvalue weighted by Crippen LogP contribution is -2.47.